The molecule has 4 heteroatoms. The number of hydrogen-bond acceptors (Lipinski definition) is 2. The van der Waals surface area contributed by atoms with Crippen LogP contribution < -0.4 is 5.32 Å². The Balaban J connectivity index is 1.97. The van der Waals surface area contributed by atoms with Gasteiger partial charge in [-0.1, -0.05) is 6.07 Å². The molecule has 2 rings (SSSR count). The Bertz CT molecular complexity index is 538. The highest BCUT2D eigenvalue weighted by molar-refractivity contribution is 9.10. The van der Waals surface area contributed by atoms with Crippen molar-refractivity contribution in [2.24, 2.45) is 0 Å². The van der Waals surface area contributed by atoms with Gasteiger partial charge in [0.05, 0.1) is 10.5 Å². The highest BCUT2D eigenvalue weighted by atomic mass is 79.9. The van der Waals surface area contributed by atoms with E-state index in [1.807, 2.05) is 32.0 Å². The number of benzene rings is 1. The minimum atomic E-state index is -0.240. The maximum atomic E-state index is 13.3. The number of furan rings is 1. The van der Waals surface area contributed by atoms with Gasteiger partial charge in [0.1, 0.15) is 17.3 Å². The zero-order valence-corrected chi connectivity index (χ0v) is 11.9. The Labute approximate surface area is 114 Å². The van der Waals surface area contributed by atoms with Crippen molar-refractivity contribution in [1.29, 1.82) is 0 Å². The number of aryl methyl sites for hydroxylation is 1. The van der Waals surface area contributed by atoms with Crippen LogP contribution in [0.2, 0.25) is 0 Å². The van der Waals surface area contributed by atoms with Gasteiger partial charge in [-0.3, -0.25) is 0 Å². The van der Waals surface area contributed by atoms with E-state index >= 15 is 0 Å². The largest absolute Gasteiger partial charge is 0.465 e. The minimum Gasteiger partial charge on any atom is -0.465 e. The molecule has 0 bridgehead atoms. The molecule has 2 nitrogen and oxygen atoms in total. The van der Waals surface area contributed by atoms with Gasteiger partial charge >= 0.3 is 0 Å². The standard InChI is InChI=1S/C14H15BrFNO/c1-9-3-6-14(18-9)10(2)17-8-11-4-5-12(15)13(16)7-11/h3-7,10,17H,8H2,1-2H3. The summed E-state index contributed by atoms with van der Waals surface area (Å²) in [6.45, 7) is 4.54. The zero-order chi connectivity index (χ0) is 13.1. The van der Waals surface area contributed by atoms with E-state index in [2.05, 4.69) is 21.2 Å². The third-order valence-corrected chi connectivity index (χ3v) is 3.43. The average Bonchev–Trinajstić information content (AvgIpc) is 2.77. The van der Waals surface area contributed by atoms with E-state index < -0.39 is 0 Å². The first-order chi connectivity index (χ1) is 8.56. The van der Waals surface area contributed by atoms with Gasteiger partial charge in [-0.25, -0.2) is 4.39 Å². The molecule has 0 radical (unpaired) electrons. The summed E-state index contributed by atoms with van der Waals surface area (Å²) >= 11 is 3.14. The molecule has 0 aliphatic heterocycles. The summed E-state index contributed by atoms with van der Waals surface area (Å²) < 4.78 is 19.4. The monoisotopic (exact) mass is 311 g/mol. The topological polar surface area (TPSA) is 25.2 Å². The van der Waals surface area contributed by atoms with Crippen molar-refractivity contribution in [3.05, 3.63) is 57.7 Å². The molecule has 0 amide bonds. The molecule has 0 saturated heterocycles. The first-order valence-corrected chi connectivity index (χ1v) is 6.59. The predicted octanol–water partition coefficient (Wildman–Crippen LogP) is 4.34. The van der Waals surface area contributed by atoms with Crippen LogP contribution in [0.25, 0.3) is 0 Å². The smallest absolute Gasteiger partial charge is 0.137 e. The van der Waals surface area contributed by atoms with Gasteiger partial charge in [0.25, 0.3) is 0 Å². The lowest BCUT2D eigenvalue weighted by molar-refractivity contribution is 0.415. The van der Waals surface area contributed by atoms with Crippen molar-refractivity contribution in [3.63, 3.8) is 0 Å². The molecule has 96 valence electrons. The van der Waals surface area contributed by atoms with Gasteiger partial charge in [0, 0.05) is 6.54 Å². The molecule has 1 aromatic heterocycles. The van der Waals surface area contributed by atoms with Gasteiger partial charge in [0.2, 0.25) is 0 Å². The SMILES string of the molecule is Cc1ccc(C(C)NCc2ccc(Br)c(F)c2)o1. The number of rotatable bonds is 4. The van der Waals surface area contributed by atoms with E-state index in [-0.39, 0.29) is 11.9 Å². The van der Waals surface area contributed by atoms with E-state index in [1.54, 1.807) is 6.07 Å². The van der Waals surface area contributed by atoms with Crippen molar-refractivity contribution < 1.29 is 8.81 Å². The van der Waals surface area contributed by atoms with E-state index in [0.717, 1.165) is 17.1 Å². The predicted molar refractivity (Wildman–Crippen MR) is 72.8 cm³/mol. The Morgan fingerprint density at radius 1 is 1.33 bits per heavy atom. The molecule has 1 N–H and O–H groups in total. The minimum absolute atomic E-state index is 0.102. The molecule has 2 aromatic rings. The van der Waals surface area contributed by atoms with Crippen molar-refractivity contribution in [2.75, 3.05) is 0 Å². The van der Waals surface area contributed by atoms with E-state index in [9.17, 15) is 4.39 Å². The first kappa shape index (κ1) is 13.3. The highest BCUT2D eigenvalue weighted by Crippen LogP contribution is 2.18. The van der Waals surface area contributed by atoms with Crippen molar-refractivity contribution in [2.45, 2.75) is 26.4 Å². The normalized spacial score (nSPS) is 12.7. The maximum absolute atomic E-state index is 13.3. The quantitative estimate of drug-likeness (QED) is 0.908. The van der Waals surface area contributed by atoms with Gasteiger partial charge in [-0.05, 0) is 59.6 Å². The van der Waals surface area contributed by atoms with Gasteiger partial charge in [0.15, 0.2) is 0 Å². The molecule has 0 saturated carbocycles. The second-order valence-corrected chi connectivity index (χ2v) is 5.15. The van der Waals surface area contributed by atoms with Crippen LogP contribution in [0.3, 0.4) is 0 Å². The Hall–Kier alpha value is -1.13. The molecule has 18 heavy (non-hydrogen) atoms. The summed E-state index contributed by atoms with van der Waals surface area (Å²) in [6.07, 6.45) is 0. The first-order valence-electron chi connectivity index (χ1n) is 5.80. The second-order valence-electron chi connectivity index (χ2n) is 4.30. The van der Waals surface area contributed by atoms with Crippen LogP contribution in [0.15, 0.2) is 39.2 Å². The number of nitrogens with one attached hydrogen (secondary N) is 1. The lowest BCUT2D eigenvalue weighted by Gasteiger charge is -2.11. The summed E-state index contributed by atoms with van der Waals surface area (Å²) in [4.78, 5) is 0. The van der Waals surface area contributed by atoms with Gasteiger partial charge in [-0.2, -0.15) is 0 Å². The molecular formula is C14H15BrFNO. The fraction of sp³-hybridized carbons (Fsp3) is 0.286. The lowest BCUT2D eigenvalue weighted by Crippen LogP contribution is -2.17. The van der Waals surface area contributed by atoms with Crippen molar-refractivity contribution >= 4 is 15.9 Å². The summed E-state index contributed by atoms with van der Waals surface area (Å²) in [5, 5.41) is 3.30. The van der Waals surface area contributed by atoms with E-state index in [0.29, 0.717) is 11.0 Å². The fourth-order valence-electron chi connectivity index (χ4n) is 1.71. The molecule has 0 fully saturated rings. The van der Waals surface area contributed by atoms with Gasteiger partial charge in [-0.15, -0.1) is 0 Å². The second kappa shape index (κ2) is 5.67. The summed E-state index contributed by atoms with van der Waals surface area (Å²) in [6, 6.07) is 9.12. The van der Waals surface area contributed by atoms with Crippen LogP contribution in [-0.2, 0) is 6.54 Å². The molecule has 1 atom stereocenters. The average molecular weight is 312 g/mol. The zero-order valence-electron chi connectivity index (χ0n) is 10.3. The molecule has 1 heterocycles. The number of halogens is 2. The molecule has 0 aliphatic carbocycles. The van der Waals surface area contributed by atoms with Crippen LogP contribution in [0.4, 0.5) is 4.39 Å². The molecule has 1 unspecified atom stereocenters. The molecule has 1 aromatic carbocycles. The Morgan fingerprint density at radius 2 is 2.11 bits per heavy atom. The van der Waals surface area contributed by atoms with Gasteiger partial charge < -0.3 is 9.73 Å². The maximum Gasteiger partial charge on any atom is 0.137 e. The van der Waals surface area contributed by atoms with E-state index in [1.165, 1.54) is 6.07 Å². The lowest BCUT2D eigenvalue weighted by atomic mass is 10.2. The van der Waals surface area contributed by atoms with Crippen molar-refractivity contribution in [1.82, 2.24) is 5.32 Å². The summed E-state index contributed by atoms with van der Waals surface area (Å²) in [7, 11) is 0. The third-order valence-electron chi connectivity index (χ3n) is 2.78. The van der Waals surface area contributed by atoms with Crippen LogP contribution in [0.5, 0.6) is 0 Å². The van der Waals surface area contributed by atoms with Crippen LogP contribution in [-0.4, -0.2) is 0 Å². The van der Waals surface area contributed by atoms with Crippen LogP contribution in [0, 0.1) is 12.7 Å². The van der Waals surface area contributed by atoms with Crippen molar-refractivity contribution in [3.8, 4) is 0 Å². The molecular weight excluding hydrogens is 297 g/mol. The number of hydrogen-bond donors (Lipinski definition) is 1. The Kier molecular flexibility index (Phi) is 4.19. The summed E-state index contributed by atoms with van der Waals surface area (Å²) in [5.74, 6) is 1.55. The fourth-order valence-corrected chi connectivity index (χ4v) is 1.95. The molecule has 0 spiro atoms. The third kappa shape index (κ3) is 3.21. The van der Waals surface area contributed by atoms with Crippen LogP contribution in [0.1, 0.15) is 30.0 Å². The summed E-state index contributed by atoms with van der Waals surface area (Å²) in [5.41, 5.74) is 0.908. The Morgan fingerprint density at radius 3 is 2.72 bits per heavy atom. The molecule has 0 aliphatic rings. The van der Waals surface area contributed by atoms with Crippen LogP contribution >= 0.6 is 15.9 Å². The van der Waals surface area contributed by atoms with E-state index in [4.69, 9.17) is 4.42 Å². The highest BCUT2D eigenvalue weighted by Gasteiger charge is 2.09.